The number of pyridine rings is 1. The summed E-state index contributed by atoms with van der Waals surface area (Å²) >= 11 is 0. The summed E-state index contributed by atoms with van der Waals surface area (Å²) in [5.41, 5.74) is 0.640. The largest absolute Gasteiger partial charge is 0.369 e. The first kappa shape index (κ1) is 11.9. The highest BCUT2D eigenvalue weighted by molar-refractivity contribution is 5.98. The number of nitrogens with zero attached hydrogens (tertiary/aromatic N) is 1. The first-order valence-corrected chi connectivity index (χ1v) is 6.28. The predicted molar refractivity (Wildman–Crippen MR) is 68.1 cm³/mol. The summed E-state index contributed by atoms with van der Waals surface area (Å²) in [7, 11) is 0. The van der Waals surface area contributed by atoms with Crippen molar-refractivity contribution in [1.29, 1.82) is 0 Å². The molecule has 0 aromatic carbocycles. The SMILES string of the molecule is CCCNc1ncccc1C(=O)NCC1CC1. The van der Waals surface area contributed by atoms with Gasteiger partial charge in [-0.1, -0.05) is 6.92 Å². The summed E-state index contributed by atoms with van der Waals surface area (Å²) in [4.78, 5) is 16.2. The Balaban J connectivity index is 1.98. The van der Waals surface area contributed by atoms with Crippen LogP contribution in [0.3, 0.4) is 0 Å². The number of aromatic nitrogens is 1. The summed E-state index contributed by atoms with van der Waals surface area (Å²) < 4.78 is 0. The highest BCUT2D eigenvalue weighted by Gasteiger charge is 2.22. The van der Waals surface area contributed by atoms with Crippen LogP contribution in [-0.2, 0) is 0 Å². The molecule has 0 aliphatic heterocycles. The van der Waals surface area contributed by atoms with E-state index in [1.165, 1.54) is 12.8 Å². The monoisotopic (exact) mass is 233 g/mol. The Morgan fingerprint density at radius 3 is 3.06 bits per heavy atom. The first-order chi connectivity index (χ1) is 8.31. The van der Waals surface area contributed by atoms with Crippen LogP contribution >= 0.6 is 0 Å². The van der Waals surface area contributed by atoms with Gasteiger partial charge in [-0.25, -0.2) is 4.98 Å². The maximum absolute atomic E-state index is 12.0. The van der Waals surface area contributed by atoms with E-state index in [0.717, 1.165) is 19.5 Å². The molecule has 4 heteroatoms. The Kier molecular flexibility index (Phi) is 3.96. The van der Waals surface area contributed by atoms with E-state index in [-0.39, 0.29) is 5.91 Å². The molecule has 1 saturated carbocycles. The normalized spacial score (nSPS) is 14.4. The molecule has 1 aliphatic carbocycles. The molecular weight excluding hydrogens is 214 g/mol. The van der Waals surface area contributed by atoms with Crippen LogP contribution in [0.1, 0.15) is 36.5 Å². The van der Waals surface area contributed by atoms with Crippen LogP contribution in [0.25, 0.3) is 0 Å². The lowest BCUT2D eigenvalue weighted by atomic mass is 10.2. The highest BCUT2D eigenvalue weighted by atomic mass is 16.1. The van der Waals surface area contributed by atoms with E-state index in [1.807, 2.05) is 6.07 Å². The third-order valence-corrected chi connectivity index (χ3v) is 2.84. The van der Waals surface area contributed by atoms with Crippen LogP contribution in [0.5, 0.6) is 0 Å². The van der Waals surface area contributed by atoms with Gasteiger partial charge in [0.15, 0.2) is 0 Å². The smallest absolute Gasteiger partial charge is 0.255 e. The van der Waals surface area contributed by atoms with Crippen molar-refractivity contribution in [1.82, 2.24) is 10.3 Å². The number of rotatable bonds is 6. The zero-order chi connectivity index (χ0) is 12.1. The molecule has 1 fully saturated rings. The van der Waals surface area contributed by atoms with Crippen molar-refractivity contribution in [3.63, 3.8) is 0 Å². The Morgan fingerprint density at radius 2 is 2.35 bits per heavy atom. The van der Waals surface area contributed by atoms with Crippen LogP contribution < -0.4 is 10.6 Å². The number of nitrogens with one attached hydrogen (secondary N) is 2. The van der Waals surface area contributed by atoms with Gasteiger partial charge in [-0.15, -0.1) is 0 Å². The highest BCUT2D eigenvalue weighted by Crippen LogP contribution is 2.27. The molecule has 2 N–H and O–H groups in total. The maximum atomic E-state index is 12.0. The summed E-state index contributed by atoms with van der Waals surface area (Å²) in [6.07, 6.45) is 5.21. The fraction of sp³-hybridized carbons (Fsp3) is 0.538. The van der Waals surface area contributed by atoms with Crippen molar-refractivity contribution in [3.8, 4) is 0 Å². The Morgan fingerprint density at radius 1 is 1.53 bits per heavy atom. The summed E-state index contributed by atoms with van der Waals surface area (Å²) in [6, 6.07) is 3.61. The van der Waals surface area contributed by atoms with E-state index in [4.69, 9.17) is 0 Å². The topological polar surface area (TPSA) is 54.0 Å². The lowest BCUT2D eigenvalue weighted by Gasteiger charge is -2.10. The second-order valence-corrected chi connectivity index (χ2v) is 4.48. The third kappa shape index (κ3) is 3.44. The minimum Gasteiger partial charge on any atom is -0.369 e. The number of hydrogen-bond acceptors (Lipinski definition) is 3. The second kappa shape index (κ2) is 5.66. The van der Waals surface area contributed by atoms with Gasteiger partial charge in [0.05, 0.1) is 5.56 Å². The molecule has 0 unspecified atom stereocenters. The summed E-state index contributed by atoms with van der Waals surface area (Å²) in [5, 5.41) is 6.13. The van der Waals surface area contributed by atoms with Crippen LogP contribution in [0, 0.1) is 5.92 Å². The standard InChI is InChI=1S/C13H19N3O/c1-2-7-14-12-11(4-3-8-15-12)13(17)16-9-10-5-6-10/h3-4,8,10H,2,5-7,9H2,1H3,(H,14,15)(H,16,17). The van der Waals surface area contributed by atoms with E-state index in [1.54, 1.807) is 12.3 Å². The fourth-order valence-corrected chi connectivity index (χ4v) is 1.63. The van der Waals surface area contributed by atoms with Gasteiger partial charge >= 0.3 is 0 Å². The van der Waals surface area contributed by atoms with Crippen LogP contribution in [0.4, 0.5) is 5.82 Å². The van der Waals surface area contributed by atoms with Crippen molar-refractivity contribution >= 4 is 11.7 Å². The Hall–Kier alpha value is -1.58. The minimum absolute atomic E-state index is 0.0244. The first-order valence-electron chi connectivity index (χ1n) is 6.28. The van der Waals surface area contributed by atoms with E-state index < -0.39 is 0 Å². The van der Waals surface area contributed by atoms with E-state index in [9.17, 15) is 4.79 Å². The molecule has 1 aromatic rings. The van der Waals surface area contributed by atoms with Gasteiger partial charge in [0, 0.05) is 19.3 Å². The molecule has 0 spiro atoms. The molecule has 0 radical (unpaired) electrons. The van der Waals surface area contributed by atoms with Crippen molar-refractivity contribution in [3.05, 3.63) is 23.9 Å². The van der Waals surface area contributed by atoms with Crippen LogP contribution in [0.2, 0.25) is 0 Å². The molecular formula is C13H19N3O. The molecule has 1 aromatic heterocycles. The molecule has 4 nitrogen and oxygen atoms in total. The second-order valence-electron chi connectivity index (χ2n) is 4.48. The molecule has 0 atom stereocenters. The summed E-state index contributed by atoms with van der Waals surface area (Å²) in [5.74, 6) is 1.36. The number of amides is 1. The van der Waals surface area contributed by atoms with Crippen LogP contribution in [0.15, 0.2) is 18.3 Å². The molecule has 17 heavy (non-hydrogen) atoms. The van der Waals surface area contributed by atoms with Gasteiger partial charge in [0.2, 0.25) is 0 Å². The van der Waals surface area contributed by atoms with Crippen LogP contribution in [-0.4, -0.2) is 24.0 Å². The Bertz CT molecular complexity index is 388. The quantitative estimate of drug-likeness (QED) is 0.790. The van der Waals surface area contributed by atoms with Gasteiger partial charge in [0.25, 0.3) is 5.91 Å². The Labute approximate surface area is 102 Å². The van der Waals surface area contributed by atoms with Gasteiger partial charge in [-0.2, -0.15) is 0 Å². The average molecular weight is 233 g/mol. The van der Waals surface area contributed by atoms with Crippen molar-refractivity contribution in [2.24, 2.45) is 5.92 Å². The molecule has 1 heterocycles. The van der Waals surface area contributed by atoms with Gasteiger partial charge in [-0.3, -0.25) is 4.79 Å². The average Bonchev–Trinajstić information content (AvgIpc) is 3.18. The zero-order valence-corrected chi connectivity index (χ0v) is 10.2. The molecule has 1 amide bonds. The number of anilines is 1. The van der Waals surface area contributed by atoms with Crippen molar-refractivity contribution in [2.75, 3.05) is 18.4 Å². The lowest BCUT2D eigenvalue weighted by molar-refractivity contribution is 0.0952. The lowest BCUT2D eigenvalue weighted by Crippen LogP contribution is -2.26. The predicted octanol–water partition coefficient (Wildman–Crippen LogP) is 2.04. The number of carbonyl (C=O) groups is 1. The van der Waals surface area contributed by atoms with Gasteiger partial charge in [0.1, 0.15) is 5.82 Å². The van der Waals surface area contributed by atoms with Gasteiger partial charge < -0.3 is 10.6 Å². The van der Waals surface area contributed by atoms with Crippen molar-refractivity contribution < 1.29 is 4.79 Å². The van der Waals surface area contributed by atoms with E-state index in [2.05, 4.69) is 22.5 Å². The molecule has 2 rings (SSSR count). The van der Waals surface area contributed by atoms with Gasteiger partial charge in [-0.05, 0) is 37.3 Å². The number of carbonyl (C=O) groups excluding carboxylic acids is 1. The minimum atomic E-state index is -0.0244. The molecule has 0 saturated heterocycles. The summed E-state index contributed by atoms with van der Waals surface area (Å²) in [6.45, 7) is 3.71. The molecule has 92 valence electrons. The zero-order valence-electron chi connectivity index (χ0n) is 10.2. The van der Waals surface area contributed by atoms with E-state index >= 15 is 0 Å². The van der Waals surface area contributed by atoms with E-state index in [0.29, 0.717) is 17.3 Å². The maximum Gasteiger partial charge on any atom is 0.255 e. The number of hydrogen-bond donors (Lipinski definition) is 2. The molecule has 0 bridgehead atoms. The fourth-order valence-electron chi connectivity index (χ4n) is 1.63. The molecule has 1 aliphatic rings. The third-order valence-electron chi connectivity index (χ3n) is 2.84. The van der Waals surface area contributed by atoms with Crippen molar-refractivity contribution in [2.45, 2.75) is 26.2 Å².